The molecule has 0 aliphatic carbocycles. The van der Waals surface area contributed by atoms with E-state index < -0.39 is 10.7 Å². The van der Waals surface area contributed by atoms with Crippen LogP contribution < -0.4 is 5.32 Å². The van der Waals surface area contributed by atoms with Crippen LogP contribution in [0, 0.1) is 15.9 Å². The standard InChI is InChI=1S/C12H12ClFN4O2/c1-17-8(3-5-16-17)2-4-15-11-7-10(14)9(13)6-12(11)18(19)20/h3,5-7,15H,2,4H2,1H3. The summed E-state index contributed by atoms with van der Waals surface area (Å²) in [5.41, 5.74) is 0.829. The van der Waals surface area contributed by atoms with Gasteiger partial charge in [-0.1, -0.05) is 11.6 Å². The zero-order valence-corrected chi connectivity index (χ0v) is 11.4. The molecule has 1 aromatic heterocycles. The fraction of sp³-hybridized carbons (Fsp3) is 0.250. The maximum absolute atomic E-state index is 13.4. The Morgan fingerprint density at radius 1 is 1.55 bits per heavy atom. The third-order valence-electron chi connectivity index (χ3n) is 2.85. The second-order valence-electron chi connectivity index (χ2n) is 4.16. The Kier molecular flexibility index (Phi) is 4.19. The van der Waals surface area contributed by atoms with Crippen molar-refractivity contribution >= 4 is 23.0 Å². The number of hydrogen-bond acceptors (Lipinski definition) is 4. The lowest BCUT2D eigenvalue weighted by molar-refractivity contribution is -0.384. The van der Waals surface area contributed by atoms with Crippen molar-refractivity contribution < 1.29 is 9.31 Å². The number of nitrogens with one attached hydrogen (secondary N) is 1. The van der Waals surface area contributed by atoms with Gasteiger partial charge >= 0.3 is 0 Å². The predicted octanol–water partition coefficient (Wildman–Crippen LogP) is 2.78. The van der Waals surface area contributed by atoms with Crippen LogP contribution in [-0.2, 0) is 13.5 Å². The van der Waals surface area contributed by atoms with Gasteiger partial charge < -0.3 is 5.32 Å². The normalized spacial score (nSPS) is 10.6. The number of aryl methyl sites for hydroxylation is 1. The Morgan fingerprint density at radius 3 is 2.90 bits per heavy atom. The van der Waals surface area contributed by atoms with E-state index in [0.29, 0.717) is 13.0 Å². The summed E-state index contributed by atoms with van der Waals surface area (Å²) >= 11 is 5.55. The SMILES string of the molecule is Cn1nccc1CCNc1cc(F)c(Cl)cc1[N+](=O)[O-]. The van der Waals surface area contributed by atoms with Gasteiger partial charge in [-0.25, -0.2) is 4.39 Å². The van der Waals surface area contributed by atoms with Crippen molar-refractivity contribution in [1.82, 2.24) is 9.78 Å². The van der Waals surface area contributed by atoms with Gasteiger partial charge in [-0.05, 0) is 6.07 Å². The van der Waals surface area contributed by atoms with Crippen LogP contribution in [0.5, 0.6) is 0 Å². The monoisotopic (exact) mass is 298 g/mol. The zero-order valence-electron chi connectivity index (χ0n) is 10.6. The van der Waals surface area contributed by atoms with Crippen LogP contribution in [0.1, 0.15) is 5.69 Å². The number of nitro groups is 1. The van der Waals surface area contributed by atoms with Crippen LogP contribution in [0.15, 0.2) is 24.4 Å². The van der Waals surface area contributed by atoms with Gasteiger partial charge in [0.25, 0.3) is 5.69 Å². The van der Waals surface area contributed by atoms with E-state index in [4.69, 9.17) is 11.6 Å². The van der Waals surface area contributed by atoms with Gasteiger partial charge in [-0.15, -0.1) is 0 Å². The summed E-state index contributed by atoms with van der Waals surface area (Å²) in [6.07, 6.45) is 2.28. The number of hydrogen-bond donors (Lipinski definition) is 1. The third-order valence-corrected chi connectivity index (χ3v) is 3.14. The molecule has 106 valence electrons. The highest BCUT2D eigenvalue weighted by atomic mass is 35.5. The summed E-state index contributed by atoms with van der Waals surface area (Å²) < 4.78 is 15.1. The minimum atomic E-state index is -0.694. The molecular formula is C12H12ClFN4O2. The van der Waals surface area contributed by atoms with Crippen LogP contribution in [0.3, 0.4) is 0 Å². The number of nitrogens with zero attached hydrogens (tertiary/aromatic N) is 3. The largest absolute Gasteiger partial charge is 0.379 e. The smallest absolute Gasteiger partial charge is 0.294 e. The van der Waals surface area contributed by atoms with Crippen LogP contribution in [0.4, 0.5) is 15.8 Å². The molecule has 0 saturated carbocycles. The van der Waals surface area contributed by atoms with Crippen molar-refractivity contribution in [3.05, 3.63) is 51.0 Å². The average Bonchev–Trinajstić information content (AvgIpc) is 2.79. The number of nitro benzene ring substituents is 1. The summed E-state index contributed by atoms with van der Waals surface area (Å²) in [6.45, 7) is 0.418. The van der Waals surface area contributed by atoms with E-state index in [1.54, 1.807) is 17.9 Å². The molecule has 0 aliphatic heterocycles. The van der Waals surface area contributed by atoms with E-state index in [1.807, 2.05) is 6.07 Å². The maximum atomic E-state index is 13.4. The summed E-state index contributed by atoms with van der Waals surface area (Å²) in [7, 11) is 1.81. The van der Waals surface area contributed by atoms with Crippen molar-refractivity contribution in [2.45, 2.75) is 6.42 Å². The minimum Gasteiger partial charge on any atom is -0.379 e. The molecule has 0 amide bonds. The molecule has 0 saturated heterocycles. The van der Waals surface area contributed by atoms with E-state index in [9.17, 15) is 14.5 Å². The molecule has 1 heterocycles. The van der Waals surface area contributed by atoms with E-state index in [2.05, 4.69) is 10.4 Å². The third kappa shape index (κ3) is 3.05. The molecule has 1 aromatic carbocycles. The molecule has 6 nitrogen and oxygen atoms in total. The van der Waals surface area contributed by atoms with Gasteiger partial charge in [0.15, 0.2) is 0 Å². The van der Waals surface area contributed by atoms with Crippen LogP contribution in [0.2, 0.25) is 5.02 Å². The number of aromatic nitrogens is 2. The lowest BCUT2D eigenvalue weighted by Crippen LogP contribution is -2.10. The molecule has 2 aromatic rings. The first kappa shape index (κ1) is 14.3. The highest BCUT2D eigenvalue weighted by Gasteiger charge is 2.17. The van der Waals surface area contributed by atoms with Gasteiger partial charge in [0, 0.05) is 44.0 Å². The second-order valence-corrected chi connectivity index (χ2v) is 4.57. The Balaban J connectivity index is 2.11. The van der Waals surface area contributed by atoms with Gasteiger partial charge in [-0.3, -0.25) is 14.8 Å². The lowest BCUT2D eigenvalue weighted by Gasteiger charge is -2.08. The molecule has 0 radical (unpaired) electrons. The zero-order chi connectivity index (χ0) is 14.7. The fourth-order valence-corrected chi connectivity index (χ4v) is 1.96. The molecule has 0 unspecified atom stereocenters. The Hall–Kier alpha value is -2.15. The minimum absolute atomic E-state index is 0.110. The molecular weight excluding hydrogens is 287 g/mol. The molecule has 2 rings (SSSR count). The highest BCUT2D eigenvalue weighted by Crippen LogP contribution is 2.30. The van der Waals surface area contributed by atoms with Crippen molar-refractivity contribution in [2.24, 2.45) is 7.05 Å². The molecule has 0 bridgehead atoms. The number of anilines is 1. The van der Waals surface area contributed by atoms with E-state index in [-0.39, 0.29) is 16.4 Å². The molecule has 0 fully saturated rings. The van der Waals surface area contributed by atoms with Gasteiger partial charge in [0.05, 0.1) is 9.95 Å². The van der Waals surface area contributed by atoms with Crippen LogP contribution in [0.25, 0.3) is 0 Å². The van der Waals surface area contributed by atoms with Crippen molar-refractivity contribution in [3.63, 3.8) is 0 Å². The van der Waals surface area contributed by atoms with Crippen molar-refractivity contribution in [1.29, 1.82) is 0 Å². The fourth-order valence-electron chi connectivity index (χ4n) is 1.80. The Bertz CT molecular complexity index is 644. The molecule has 8 heteroatoms. The van der Waals surface area contributed by atoms with Crippen LogP contribution >= 0.6 is 11.6 Å². The number of halogens is 2. The summed E-state index contributed by atoms with van der Waals surface area (Å²) in [5, 5.41) is 17.5. The van der Waals surface area contributed by atoms with E-state index in [1.165, 1.54) is 0 Å². The van der Waals surface area contributed by atoms with Crippen molar-refractivity contribution in [2.75, 3.05) is 11.9 Å². The Labute approximate surface area is 119 Å². The predicted molar refractivity (Wildman–Crippen MR) is 73.5 cm³/mol. The average molecular weight is 299 g/mol. The number of benzene rings is 1. The van der Waals surface area contributed by atoms with E-state index in [0.717, 1.165) is 17.8 Å². The molecule has 20 heavy (non-hydrogen) atoms. The molecule has 1 N–H and O–H groups in total. The van der Waals surface area contributed by atoms with Crippen molar-refractivity contribution in [3.8, 4) is 0 Å². The van der Waals surface area contributed by atoms with Gasteiger partial charge in [-0.2, -0.15) is 5.10 Å². The first-order valence-corrected chi connectivity index (χ1v) is 6.21. The topological polar surface area (TPSA) is 73.0 Å². The summed E-state index contributed by atoms with van der Waals surface area (Å²) in [6, 6.07) is 3.88. The van der Waals surface area contributed by atoms with Gasteiger partial charge in [0.2, 0.25) is 0 Å². The first-order chi connectivity index (χ1) is 9.49. The molecule has 0 aliphatic rings. The van der Waals surface area contributed by atoms with Gasteiger partial charge in [0.1, 0.15) is 11.5 Å². The van der Waals surface area contributed by atoms with Crippen LogP contribution in [-0.4, -0.2) is 21.2 Å². The Morgan fingerprint density at radius 2 is 2.30 bits per heavy atom. The summed E-state index contributed by atoms with van der Waals surface area (Å²) in [5.74, 6) is -0.694. The lowest BCUT2D eigenvalue weighted by atomic mass is 10.2. The molecule has 0 atom stereocenters. The summed E-state index contributed by atoms with van der Waals surface area (Å²) in [4.78, 5) is 10.3. The number of rotatable bonds is 5. The quantitative estimate of drug-likeness (QED) is 0.680. The molecule has 0 spiro atoms. The highest BCUT2D eigenvalue weighted by molar-refractivity contribution is 6.31. The second kappa shape index (κ2) is 5.87. The van der Waals surface area contributed by atoms with E-state index >= 15 is 0 Å². The maximum Gasteiger partial charge on any atom is 0.294 e. The first-order valence-electron chi connectivity index (χ1n) is 5.83.